The Morgan fingerprint density at radius 3 is 1.12 bits per heavy atom. The van der Waals surface area contributed by atoms with E-state index in [1.165, 1.54) is 36.4 Å². The van der Waals surface area contributed by atoms with E-state index in [0.717, 1.165) is 0 Å². The zero-order valence-corrected chi connectivity index (χ0v) is 30.3. The Balaban J connectivity index is 1.36. The monoisotopic (exact) mass is 732 g/mol. The highest BCUT2D eigenvalue weighted by molar-refractivity contribution is 5.69. The summed E-state index contributed by atoms with van der Waals surface area (Å²) in [4.78, 5) is 36.5. The van der Waals surface area contributed by atoms with Crippen molar-refractivity contribution in [2.75, 3.05) is 26.4 Å². The van der Waals surface area contributed by atoms with E-state index in [1.807, 2.05) is 0 Å². The average Bonchev–Trinajstić information content (AvgIpc) is 3.79. The summed E-state index contributed by atoms with van der Waals surface area (Å²) in [6, 6.07) is 7.56. The maximum atomic E-state index is 13.7. The molecule has 2 aromatic carbocycles. The van der Waals surface area contributed by atoms with Crippen LogP contribution in [0.1, 0.15) is 78.4 Å². The Bertz CT molecular complexity index is 1540. The van der Waals surface area contributed by atoms with Gasteiger partial charge in [-0.15, -0.1) is 0 Å². The van der Waals surface area contributed by atoms with Crippen LogP contribution >= 0.6 is 0 Å². The van der Waals surface area contributed by atoms with Crippen LogP contribution in [0.15, 0.2) is 36.4 Å². The fraction of sp³-hybridized carbons (Fsp3) is 0.629. The summed E-state index contributed by atoms with van der Waals surface area (Å²) in [6.45, 7) is 14.4. The lowest BCUT2D eigenvalue weighted by Crippen LogP contribution is -2.36. The van der Waals surface area contributed by atoms with Crippen LogP contribution in [0, 0.1) is 20.2 Å². The van der Waals surface area contributed by atoms with Crippen LogP contribution in [0.25, 0.3) is 0 Å². The van der Waals surface area contributed by atoms with Crippen molar-refractivity contribution in [3.63, 3.8) is 0 Å². The van der Waals surface area contributed by atoms with Gasteiger partial charge in [0.25, 0.3) is 11.4 Å². The highest BCUT2D eigenvalue weighted by Crippen LogP contribution is 2.46. The van der Waals surface area contributed by atoms with Gasteiger partial charge < -0.3 is 47.4 Å². The number of ether oxygens (including phenoxy) is 10. The number of carbonyl (C=O) groups excluding carboxylic acids is 1. The van der Waals surface area contributed by atoms with E-state index in [9.17, 15) is 25.0 Å². The minimum absolute atomic E-state index is 0.0641. The van der Waals surface area contributed by atoms with Gasteiger partial charge in [-0.05, 0) is 67.5 Å². The highest BCUT2D eigenvalue weighted by Gasteiger charge is 2.49. The summed E-state index contributed by atoms with van der Waals surface area (Å²) < 4.78 is 59.8. The molecule has 0 N–H and O–H groups in total. The molecule has 4 fully saturated rings. The predicted molar refractivity (Wildman–Crippen MR) is 178 cm³/mol. The van der Waals surface area contributed by atoms with E-state index in [1.54, 1.807) is 55.4 Å². The molecule has 0 radical (unpaired) electrons. The molecule has 17 heteroatoms. The van der Waals surface area contributed by atoms with Crippen LogP contribution in [0.4, 0.5) is 16.2 Å². The number of hydrogen-bond donors (Lipinski definition) is 0. The number of benzene rings is 2. The molecule has 0 spiro atoms. The summed E-state index contributed by atoms with van der Waals surface area (Å²) >= 11 is 0. The molecule has 0 bridgehead atoms. The second-order valence-corrected chi connectivity index (χ2v) is 14.9. The van der Waals surface area contributed by atoms with Crippen LogP contribution in [0.2, 0.25) is 0 Å². The average molecular weight is 733 g/mol. The van der Waals surface area contributed by atoms with Gasteiger partial charge in [0.2, 0.25) is 0 Å². The number of rotatable bonds is 10. The third kappa shape index (κ3) is 8.36. The summed E-state index contributed by atoms with van der Waals surface area (Å²) in [6.07, 6.45) is -3.90. The summed E-state index contributed by atoms with van der Waals surface area (Å²) in [5, 5.41) is 23.9. The first-order valence-corrected chi connectivity index (χ1v) is 16.9. The number of nitrogens with zero attached hydrogens (tertiary/aromatic N) is 2. The number of non-ortho nitro benzene ring substituents is 2. The molecule has 4 unspecified atom stereocenters. The van der Waals surface area contributed by atoms with E-state index in [4.69, 9.17) is 47.4 Å². The fourth-order valence-electron chi connectivity index (χ4n) is 7.06. The Morgan fingerprint density at radius 1 is 0.596 bits per heavy atom. The van der Waals surface area contributed by atoms with Gasteiger partial charge >= 0.3 is 6.16 Å². The molecule has 17 nitrogen and oxygen atoms in total. The largest absolute Gasteiger partial charge is 0.519 e. The topological polar surface area (TPSA) is 196 Å². The van der Waals surface area contributed by atoms with E-state index in [2.05, 4.69) is 0 Å². The van der Waals surface area contributed by atoms with Crippen molar-refractivity contribution in [3.05, 3.63) is 67.8 Å². The zero-order chi connectivity index (χ0) is 37.8. The first kappa shape index (κ1) is 37.9. The lowest BCUT2D eigenvalue weighted by molar-refractivity contribution is -0.385. The SMILES string of the molecule is CC1(C)OCC(C(c2cc([N+](=O)[O-])ccc2OC(=O)Oc2ccc([N+](=O)[O-])cc2C(C2COC(C)(C)O2)C2COC(C)(C)O2)C2COC(C)(C)O2)O1. The summed E-state index contributed by atoms with van der Waals surface area (Å²) in [5.41, 5.74) is -0.0759. The number of hydrogen-bond acceptors (Lipinski definition) is 15. The van der Waals surface area contributed by atoms with E-state index in [0.29, 0.717) is 0 Å². The second-order valence-electron chi connectivity index (χ2n) is 14.9. The minimum Gasteiger partial charge on any atom is -0.394 e. The molecule has 284 valence electrons. The normalized spacial score (nSPS) is 28.3. The van der Waals surface area contributed by atoms with Gasteiger partial charge in [0, 0.05) is 47.2 Å². The maximum Gasteiger partial charge on any atom is 0.519 e. The summed E-state index contributed by atoms with van der Waals surface area (Å²) in [7, 11) is 0. The van der Waals surface area contributed by atoms with Crippen molar-refractivity contribution in [2.24, 2.45) is 0 Å². The molecule has 4 atom stereocenters. The molecular formula is C35H44N2O15. The molecule has 4 aliphatic heterocycles. The van der Waals surface area contributed by atoms with Crippen molar-refractivity contribution in [1.82, 2.24) is 0 Å². The lowest BCUT2D eigenvalue weighted by atomic mass is 9.87. The van der Waals surface area contributed by atoms with Crippen LogP contribution in [0.3, 0.4) is 0 Å². The Morgan fingerprint density at radius 2 is 0.885 bits per heavy atom. The lowest BCUT2D eigenvalue weighted by Gasteiger charge is -2.30. The van der Waals surface area contributed by atoms with Crippen LogP contribution in [-0.2, 0) is 37.9 Å². The van der Waals surface area contributed by atoms with Gasteiger partial charge in [0.15, 0.2) is 23.1 Å². The number of nitro benzene ring substituents is 2. The Labute approximate surface area is 299 Å². The highest BCUT2D eigenvalue weighted by atomic mass is 16.8. The molecule has 4 saturated heterocycles. The number of nitro groups is 2. The number of carbonyl (C=O) groups is 1. The first-order valence-electron chi connectivity index (χ1n) is 16.9. The fourth-order valence-corrected chi connectivity index (χ4v) is 7.06. The van der Waals surface area contributed by atoms with Gasteiger partial charge in [-0.2, -0.15) is 0 Å². The van der Waals surface area contributed by atoms with Gasteiger partial charge in [-0.3, -0.25) is 20.2 Å². The molecule has 0 aliphatic carbocycles. The second kappa shape index (κ2) is 13.9. The van der Waals surface area contributed by atoms with Crippen LogP contribution < -0.4 is 9.47 Å². The van der Waals surface area contributed by atoms with E-state index >= 15 is 0 Å². The summed E-state index contributed by atoms with van der Waals surface area (Å²) in [5.74, 6) is -5.49. The van der Waals surface area contributed by atoms with E-state index < -0.39 is 75.4 Å². The van der Waals surface area contributed by atoms with Gasteiger partial charge in [0.05, 0.1) is 60.7 Å². The van der Waals surface area contributed by atoms with Gasteiger partial charge in [0.1, 0.15) is 11.5 Å². The van der Waals surface area contributed by atoms with Gasteiger partial charge in [-0.1, -0.05) is 0 Å². The van der Waals surface area contributed by atoms with Crippen LogP contribution in [0.5, 0.6) is 11.5 Å². The van der Waals surface area contributed by atoms with E-state index in [-0.39, 0.29) is 60.4 Å². The molecule has 4 heterocycles. The van der Waals surface area contributed by atoms with Crippen molar-refractivity contribution in [3.8, 4) is 11.5 Å². The molecule has 2 aromatic rings. The van der Waals surface area contributed by atoms with Crippen molar-refractivity contribution in [1.29, 1.82) is 0 Å². The zero-order valence-electron chi connectivity index (χ0n) is 30.3. The van der Waals surface area contributed by atoms with Gasteiger partial charge in [-0.25, -0.2) is 4.79 Å². The molecule has 0 aromatic heterocycles. The van der Waals surface area contributed by atoms with Crippen molar-refractivity contribution >= 4 is 17.5 Å². The molecular weight excluding hydrogens is 688 g/mol. The third-order valence-electron chi connectivity index (χ3n) is 9.24. The first-order chi connectivity index (χ1) is 24.2. The minimum atomic E-state index is -1.22. The Kier molecular flexibility index (Phi) is 10.1. The standard InChI is InChI=1S/C35H44N2O15/c1-32(2)43-15-25(49-32)29(26-16-44-33(3,4)50-26)21-13-19(36(39)40)9-11-23(21)47-31(38)48-24-12-10-20(37(41)42)14-22(24)30(27-17-45-34(5,6)51-27)28-18-46-35(7,8)52-28/h9-14,25-30H,15-18H2,1-8H3. The smallest absolute Gasteiger partial charge is 0.394 e. The third-order valence-corrected chi connectivity index (χ3v) is 9.24. The molecule has 52 heavy (non-hydrogen) atoms. The molecule has 4 aliphatic rings. The quantitative estimate of drug-likeness (QED) is 0.122. The molecule has 6 rings (SSSR count). The molecule has 0 amide bonds. The van der Waals surface area contributed by atoms with Crippen LogP contribution in [-0.4, -0.2) is 90.0 Å². The van der Waals surface area contributed by atoms with Crippen molar-refractivity contribution in [2.45, 2.75) is 115 Å². The van der Waals surface area contributed by atoms with Crippen molar-refractivity contribution < 1.29 is 62.0 Å². The predicted octanol–water partition coefficient (Wildman–Crippen LogP) is 5.85. The maximum absolute atomic E-state index is 13.7. The molecule has 0 saturated carbocycles. The Hall–Kier alpha value is -3.81.